The van der Waals surface area contributed by atoms with Crippen LogP contribution in [0, 0.1) is 32.0 Å². The summed E-state index contributed by atoms with van der Waals surface area (Å²) < 4.78 is 26.2. The fraction of sp³-hybridized carbons (Fsp3) is 0.120. The predicted molar refractivity (Wildman–Crippen MR) is 126 cm³/mol. The summed E-state index contributed by atoms with van der Waals surface area (Å²) in [5, 5.41) is 18.8. The first-order valence-electron chi connectivity index (χ1n) is 9.50. The zero-order valence-electron chi connectivity index (χ0n) is 16.7. The smallest absolute Gasteiger partial charge is 0.175 e. The van der Waals surface area contributed by atoms with Gasteiger partial charge in [-0.15, -0.1) is 0 Å². The van der Waals surface area contributed by atoms with Crippen molar-refractivity contribution in [3.05, 3.63) is 92.3 Å². The van der Waals surface area contributed by atoms with Gasteiger partial charge >= 0.3 is 0 Å². The van der Waals surface area contributed by atoms with E-state index < -0.39 is 5.82 Å². The number of benzene rings is 3. The van der Waals surface area contributed by atoms with Gasteiger partial charge in [-0.25, -0.2) is 4.39 Å². The zero-order valence-corrected chi connectivity index (χ0v) is 18.9. The highest BCUT2D eigenvalue weighted by Crippen LogP contribution is 2.36. The van der Waals surface area contributed by atoms with Gasteiger partial charge in [-0.1, -0.05) is 30.3 Å². The van der Waals surface area contributed by atoms with E-state index >= 15 is 0 Å². The van der Waals surface area contributed by atoms with E-state index in [0.717, 1.165) is 14.7 Å². The molecule has 0 unspecified atom stereocenters. The van der Waals surface area contributed by atoms with Gasteiger partial charge in [-0.05, 0) is 77.0 Å². The summed E-state index contributed by atoms with van der Waals surface area (Å²) in [4.78, 5) is 0. The summed E-state index contributed by atoms with van der Waals surface area (Å²) in [6.45, 7) is 2.53. The fourth-order valence-corrected chi connectivity index (χ4v) is 3.76. The first kappa shape index (κ1) is 22.3. The van der Waals surface area contributed by atoms with Gasteiger partial charge < -0.3 is 9.47 Å². The van der Waals surface area contributed by atoms with E-state index in [4.69, 9.17) is 9.47 Å². The minimum atomic E-state index is -0.398. The van der Waals surface area contributed by atoms with Crippen molar-refractivity contribution in [2.45, 2.75) is 13.5 Å². The number of nitrogens with zero attached hydrogens (tertiary/aromatic N) is 2. The van der Waals surface area contributed by atoms with Crippen LogP contribution in [0.1, 0.15) is 29.2 Å². The van der Waals surface area contributed by atoms with E-state index in [2.05, 4.69) is 34.7 Å². The fourth-order valence-electron chi connectivity index (χ4n) is 2.98. The Morgan fingerprint density at radius 3 is 2.58 bits per heavy atom. The quantitative estimate of drug-likeness (QED) is 0.206. The molecule has 3 aromatic rings. The lowest BCUT2D eigenvalue weighted by molar-refractivity contribution is 0.267. The third-order valence-corrected chi connectivity index (χ3v) is 5.21. The highest BCUT2D eigenvalue weighted by atomic mass is 127. The third kappa shape index (κ3) is 5.62. The molecule has 0 heterocycles. The number of rotatable bonds is 7. The predicted octanol–water partition coefficient (Wildman–Crippen LogP) is 6.34. The largest absolute Gasteiger partial charge is 0.490 e. The second kappa shape index (κ2) is 10.6. The molecule has 0 radical (unpaired) electrons. The SMILES string of the molecule is CCOc1cc(/C=C(/C#N)c2cccc(F)c2)cc(I)c1OCc1ccccc1C#N. The van der Waals surface area contributed by atoms with Crippen molar-refractivity contribution >= 4 is 34.2 Å². The molecule has 0 spiro atoms. The van der Waals surface area contributed by atoms with Crippen LogP contribution in [-0.2, 0) is 6.61 Å². The molecule has 0 atom stereocenters. The number of hydrogen-bond acceptors (Lipinski definition) is 4. The highest BCUT2D eigenvalue weighted by Gasteiger charge is 2.14. The van der Waals surface area contributed by atoms with Crippen LogP contribution in [-0.4, -0.2) is 6.61 Å². The van der Waals surface area contributed by atoms with Gasteiger partial charge in [0.05, 0.1) is 33.5 Å². The molecule has 31 heavy (non-hydrogen) atoms. The molecule has 154 valence electrons. The van der Waals surface area contributed by atoms with Crippen LogP contribution in [0.15, 0.2) is 60.7 Å². The van der Waals surface area contributed by atoms with Crippen molar-refractivity contribution < 1.29 is 13.9 Å². The number of nitriles is 2. The number of halogens is 2. The van der Waals surface area contributed by atoms with Gasteiger partial charge in [-0.2, -0.15) is 10.5 Å². The number of hydrogen-bond donors (Lipinski definition) is 0. The van der Waals surface area contributed by atoms with Crippen molar-refractivity contribution in [3.8, 4) is 23.6 Å². The number of ether oxygens (including phenoxy) is 2. The van der Waals surface area contributed by atoms with Crippen molar-refractivity contribution in [2.24, 2.45) is 0 Å². The van der Waals surface area contributed by atoms with E-state index in [1.807, 2.05) is 31.2 Å². The molecule has 4 nitrogen and oxygen atoms in total. The standard InChI is InChI=1S/C25H18FIN2O2/c1-2-30-24-12-17(10-21(15-29)18-8-5-9-22(26)13-18)11-23(27)25(24)31-16-20-7-4-3-6-19(20)14-28/h3-13H,2,16H2,1H3/b21-10-. The summed E-state index contributed by atoms with van der Waals surface area (Å²) in [7, 11) is 0. The Morgan fingerprint density at radius 1 is 1.06 bits per heavy atom. The molecule has 0 aliphatic carbocycles. The van der Waals surface area contributed by atoms with Gasteiger partial charge in [0.25, 0.3) is 0 Å². The van der Waals surface area contributed by atoms with Gasteiger partial charge in [0.15, 0.2) is 11.5 Å². The first-order valence-corrected chi connectivity index (χ1v) is 10.6. The second-order valence-electron chi connectivity index (χ2n) is 6.50. The maximum Gasteiger partial charge on any atom is 0.175 e. The molecule has 0 aliphatic heterocycles. The van der Waals surface area contributed by atoms with E-state index in [1.54, 1.807) is 30.3 Å². The van der Waals surface area contributed by atoms with Crippen LogP contribution < -0.4 is 9.47 Å². The van der Waals surface area contributed by atoms with E-state index in [0.29, 0.717) is 34.8 Å². The lowest BCUT2D eigenvalue weighted by Gasteiger charge is -2.15. The van der Waals surface area contributed by atoms with Crippen LogP contribution in [0.5, 0.6) is 11.5 Å². The van der Waals surface area contributed by atoms with Gasteiger partial charge in [0, 0.05) is 5.56 Å². The zero-order chi connectivity index (χ0) is 22.2. The molecule has 3 rings (SSSR count). The summed E-state index contributed by atoms with van der Waals surface area (Å²) in [5.74, 6) is 0.702. The van der Waals surface area contributed by atoms with Crippen LogP contribution in [0.3, 0.4) is 0 Å². The van der Waals surface area contributed by atoms with E-state index in [-0.39, 0.29) is 6.61 Å². The second-order valence-corrected chi connectivity index (χ2v) is 7.66. The molecule has 0 bridgehead atoms. The molecule has 0 fully saturated rings. The third-order valence-electron chi connectivity index (χ3n) is 4.41. The highest BCUT2D eigenvalue weighted by molar-refractivity contribution is 14.1. The number of allylic oxidation sites excluding steroid dienone is 1. The van der Waals surface area contributed by atoms with Crippen LogP contribution >= 0.6 is 22.6 Å². The molecule has 6 heteroatoms. The van der Waals surface area contributed by atoms with Gasteiger partial charge in [-0.3, -0.25) is 0 Å². The average molecular weight is 524 g/mol. The Labute approximate surface area is 194 Å². The molecule has 0 aromatic heterocycles. The molecule has 0 saturated heterocycles. The monoisotopic (exact) mass is 524 g/mol. The molecule has 3 aromatic carbocycles. The maximum atomic E-state index is 13.6. The topological polar surface area (TPSA) is 66.0 Å². The lowest BCUT2D eigenvalue weighted by atomic mass is 10.0. The molecular weight excluding hydrogens is 506 g/mol. The first-order chi connectivity index (χ1) is 15.0. The molecule has 0 amide bonds. The van der Waals surface area contributed by atoms with Crippen LogP contribution in [0.25, 0.3) is 11.6 Å². The Morgan fingerprint density at radius 2 is 1.87 bits per heavy atom. The van der Waals surface area contributed by atoms with Crippen LogP contribution in [0.2, 0.25) is 0 Å². The average Bonchev–Trinajstić information content (AvgIpc) is 2.77. The van der Waals surface area contributed by atoms with Crippen molar-refractivity contribution in [3.63, 3.8) is 0 Å². The minimum Gasteiger partial charge on any atom is -0.490 e. The Bertz CT molecular complexity index is 1210. The molecule has 0 saturated carbocycles. The normalized spacial score (nSPS) is 10.8. The summed E-state index contributed by atoms with van der Waals surface area (Å²) >= 11 is 2.15. The Kier molecular flexibility index (Phi) is 7.64. The molecule has 0 N–H and O–H groups in total. The summed E-state index contributed by atoms with van der Waals surface area (Å²) in [6, 6.07) is 21.1. The minimum absolute atomic E-state index is 0.224. The molecule has 0 aliphatic rings. The van der Waals surface area contributed by atoms with Gasteiger partial charge in [0.1, 0.15) is 12.4 Å². The van der Waals surface area contributed by atoms with Crippen molar-refractivity contribution in [1.82, 2.24) is 0 Å². The summed E-state index contributed by atoms with van der Waals surface area (Å²) in [6.07, 6.45) is 1.69. The van der Waals surface area contributed by atoms with E-state index in [9.17, 15) is 14.9 Å². The maximum absolute atomic E-state index is 13.6. The van der Waals surface area contributed by atoms with Crippen molar-refractivity contribution in [2.75, 3.05) is 6.61 Å². The van der Waals surface area contributed by atoms with E-state index in [1.165, 1.54) is 12.1 Å². The lowest BCUT2D eigenvalue weighted by Crippen LogP contribution is -2.03. The summed E-state index contributed by atoms with van der Waals surface area (Å²) in [5.41, 5.74) is 2.92. The molecular formula is C25H18FIN2O2. The Balaban J connectivity index is 1.95. The van der Waals surface area contributed by atoms with Gasteiger partial charge in [0.2, 0.25) is 0 Å². The van der Waals surface area contributed by atoms with Crippen LogP contribution in [0.4, 0.5) is 4.39 Å². The van der Waals surface area contributed by atoms with Crippen molar-refractivity contribution in [1.29, 1.82) is 10.5 Å². The Hall–Kier alpha value is -3.36.